The largest absolute Gasteiger partial charge is 0.481 e. The number of esters is 1. The summed E-state index contributed by atoms with van der Waals surface area (Å²) in [7, 11) is -0.716. The summed E-state index contributed by atoms with van der Waals surface area (Å²) in [6.45, 7) is 5.87. The van der Waals surface area contributed by atoms with Crippen LogP contribution in [0.15, 0.2) is 99.1 Å². The number of carbonyl (C=O) groups excluding carboxylic acids is 2. The molecule has 5 heteroatoms. The normalized spacial score (nSPS) is 21.2. The molecule has 0 aliphatic heterocycles. The second-order valence-corrected chi connectivity index (χ2v) is 12.4. The molecule has 4 nitrogen and oxygen atoms in total. The summed E-state index contributed by atoms with van der Waals surface area (Å²) in [6.07, 6.45) is 3.94. The van der Waals surface area contributed by atoms with E-state index in [0.29, 0.717) is 6.42 Å². The first-order valence-electron chi connectivity index (χ1n) is 13.0. The van der Waals surface area contributed by atoms with Gasteiger partial charge in [0, 0.05) is 18.3 Å². The van der Waals surface area contributed by atoms with E-state index in [4.69, 9.17) is 9.47 Å². The summed E-state index contributed by atoms with van der Waals surface area (Å²) in [6, 6.07) is 25.6. The molecular formula is C32H34O4S. The van der Waals surface area contributed by atoms with Gasteiger partial charge < -0.3 is 9.47 Å². The van der Waals surface area contributed by atoms with Gasteiger partial charge in [-0.3, -0.25) is 4.79 Å². The van der Waals surface area contributed by atoms with E-state index >= 15 is 0 Å². The molecule has 1 fully saturated rings. The van der Waals surface area contributed by atoms with E-state index in [0.717, 1.165) is 29.7 Å². The third kappa shape index (κ3) is 5.67. The topological polar surface area (TPSA) is 52.6 Å². The van der Waals surface area contributed by atoms with Gasteiger partial charge in [0.05, 0.1) is 0 Å². The molecule has 0 saturated heterocycles. The quantitative estimate of drug-likeness (QED) is 0.209. The van der Waals surface area contributed by atoms with Crippen molar-refractivity contribution in [2.75, 3.05) is 6.61 Å². The van der Waals surface area contributed by atoms with Crippen LogP contribution in [0.3, 0.4) is 0 Å². The maximum Gasteiger partial charge on any atom is 0.344 e. The number of fused-ring (bicyclic) bond motifs is 2. The van der Waals surface area contributed by atoms with Crippen LogP contribution in [-0.2, 0) is 14.3 Å². The lowest BCUT2D eigenvalue weighted by atomic mass is 9.73. The Labute approximate surface area is 222 Å². The molecule has 0 aromatic heterocycles. The molecule has 3 unspecified atom stereocenters. The monoisotopic (exact) mass is 514 g/mol. The number of rotatable bonds is 7. The molecule has 1 saturated carbocycles. The number of allylic oxidation sites excluding steroid dienone is 1. The number of benzene rings is 3. The van der Waals surface area contributed by atoms with Gasteiger partial charge in [-0.05, 0) is 88.9 Å². The molecule has 0 N–H and O–H groups in total. The van der Waals surface area contributed by atoms with Crippen molar-refractivity contribution in [3.8, 4) is 5.75 Å². The van der Waals surface area contributed by atoms with Gasteiger partial charge in [0.2, 0.25) is 0 Å². The van der Waals surface area contributed by atoms with Gasteiger partial charge in [0.25, 0.3) is 0 Å². The zero-order valence-electron chi connectivity index (χ0n) is 21.6. The lowest BCUT2D eigenvalue weighted by Crippen LogP contribution is -2.36. The molecule has 0 spiro atoms. The molecule has 3 aromatic rings. The van der Waals surface area contributed by atoms with Crippen LogP contribution in [0, 0.1) is 25.7 Å². The van der Waals surface area contributed by atoms with Crippen LogP contribution in [0.1, 0.15) is 37.3 Å². The Balaban J connectivity index is 1.29. The number of hydrogen-bond donors (Lipinski definition) is 1. The van der Waals surface area contributed by atoms with Crippen LogP contribution >= 0.6 is 10.9 Å². The van der Waals surface area contributed by atoms with Crippen molar-refractivity contribution in [1.82, 2.24) is 0 Å². The number of carbonyl (C=O) groups is 2. The Hall–Kier alpha value is -3.31. The van der Waals surface area contributed by atoms with Gasteiger partial charge in [-0.15, -0.1) is 0 Å². The van der Waals surface area contributed by atoms with Crippen molar-refractivity contribution in [3.05, 3.63) is 95.6 Å². The Bertz CT molecular complexity index is 1250. The van der Waals surface area contributed by atoms with Crippen molar-refractivity contribution >= 4 is 22.6 Å². The van der Waals surface area contributed by atoms with Crippen LogP contribution in [0.2, 0.25) is 0 Å². The molecule has 192 valence electrons. The lowest BCUT2D eigenvalue weighted by Gasteiger charge is -2.34. The molecular weight excluding hydrogens is 480 g/mol. The standard InChI is InChI=1S/C32H34O4S/c1-21-14-24-17-25(31(21)34)19-26(18-24)36-30(33)20-35-32-22(2)15-29(16-23(32)3)37(27-10-6-4-7-11-27)28-12-8-5-9-13-28/h4-16,21,25-26,37H,17-20H2,1-3H3. The molecule has 0 heterocycles. The average Bonchev–Trinajstić information content (AvgIpc) is 2.88. The highest BCUT2D eigenvalue weighted by Gasteiger charge is 2.36. The first kappa shape index (κ1) is 25.3. The summed E-state index contributed by atoms with van der Waals surface area (Å²) >= 11 is 0. The fourth-order valence-corrected chi connectivity index (χ4v) is 8.14. The van der Waals surface area contributed by atoms with Crippen LogP contribution in [-0.4, -0.2) is 24.5 Å². The summed E-state index contributed by atoms with van der Waals surface area (Å²) in [4.78, 5) is 28.9. The number of Topliss-reactive ketones (excluding diaryl/α,β-unsaturated/α-hetero) is 1. The molecule has 37 heavy (non-hydrogen) atoms. The van der Waals surface area contributed by atoms with Crippen LogP contribution in [0.5, 0.6) is 5.75 Å². The third-order valence-electron chi connectivity index (χ3n) is 7.25. The van der Waals surface area contributed by atoms with Crippen LogP contribution < -0.4 is 4.74 Å². The fourth-order valence-electron chi connectivity index (χ4n) is 5.66. The first-order chi connectivity index (χ1) is 17.9. The van der Waals surface area contributed by atoms with Gasteiger partial charge >= 0.3 is 5.97 Å². The van der Waals surface area contributed by atoms with Crippen molar-refractivity contribution in [3.63, 3.8) is 0 Å². The maximum absolute atomic E-state index is 12.7. The Morgan fingerprint density at radius 3 is 2.08 bits per heavy atom. The van der Waals surface area contributed by atoms with Gasteiger partial charge in [-0.1, -0.05) is 55.0 Å². The fraction of sp³-hybridized carbons (Fsp3) is 0.312. The average molecular weight is 515 g/mol. The Morgan fingerprint density at radius 1 is 0.892 bits per heavy atom. The zero-order valence-corrected chi connectivity index (χ0v) is 22.5. The molecule has 0 amide bonds. The van der Waals surface area contributed by atoms with E-state index in [1.54, 1.807) is 0 Å². The van der Waals surface area contributed by atoms with Crippen LogP contribution in [0.25, 0.3) is 0 Å². The molecule has 3 atom stereocenters. The minimum atomic E-state index is -0.716. The van der Waals surface area contributed by atoms with Gasteiger partial charge in [-0.2, -0.15) is 10.9 Å². The Kier molecular flexibility index (Phi) is 7.52. The van der Waals surface area contributed by atoms with Crippen molar-refractivity contribution in [2.24, 2.45) is 11.8 Å². The van der Waals surface area contributed by atoms with Crippen molar-refractivity contribution in [2.45, 2.75) is 60.8 Å². The minimum absolute atomic E-state index is 0.0209. The van der Waals surface area contributed by atoms with E-state index in [9.17, 15) is 9.59 Å². The number of thiol groups is 1. The highest BCUT2D eigenvalue weighted by molar-refractivity contribution is 8.17. The molecule has 3 aromatic carbocycles. The van der Waals surface area contributed by atoms with Gasteiger partial charge in [0.1, 0.15) is 17.6 Å². The second kappa shape index (κ2) is 11.0. The predicted molar refractivity (Wildman–Crippen MR) is 148 cm³/mol. The van der Waals surface area contributed by atoms with Gasteiger partial charge in [0.15, 0.2) is 6.61 Å². The highest BCUT2D eigenvalue weighted by Crippen LogP contribution is 2.52. The number of ketones is 1. The van der Waals surface area contributed by atoms with E-state index < -0.39 is 10.9 Å². The van der Waals surface area contributed by atoms with Crippen molar-refractivity contribution in [1.29, 1.82) is 0 Å². The summed E-state index contributed by atoms with van der Waals surface area (Å²) in [5, 5.41) is 0. The molecule has 2 aliphatic rings. The smallest absolute Gasteiger partial charge is 0.344 e. The zero-order chi connectivity index (χ0) is 25.9. The SMILES string of the molecule is Cc1cc([SH](c2ccccc2)c2ccccc2)cc(C)c1OCC(=O)OC1CC2=CC(C)C(=O)C(C2)C1. The Morgan fingerprint density at radius 2 is 1.49 bits per heavy atom. The number of hydrogen-bond acceptors (Lipinski definition) is 4. The van der Waals surface area contributed by atoms with E-state index in [-0.39, 0.29) is 36.3 Å². The summed E-state index contributed by atoms with van der Waals surface area (Å²) in [5.41, 5.74) is 3.23. The second-order valence-electron chi connectivity index (χ2n) is 10.2. The molecule has 2 aliphatic carbocycles. The molecule has 2 bridgehead atoms. The van der Waals surface area contributed by atoms with E-state index in [2.05, 4.69) is 60.7 Å². The highest BCUT2D eigenvalue weighted by atomic mass is 32.2. The van der Waals surface area contributed by atoms with Crippen molar-refractivity contribution < 1.29 is 19.1 Å². The lowest BCUT2D eigenvalue weighted by molar-refractivity contribution is -0.154. The van der Waals surface area contributed by atoms with E-state index in [1.807, 2.05) is 39.0 Å². The maximum atomic E-state index is 12.7. The summed E-state index contributed by atoms with van der Waals surface area (Å²) in [5.74, 6) is 0.558. The number of ether oxygens (including phenoxy) is 2. The first-order valence-corrected chi connectivity index (χ1v) is 14.3. The predicted octanol–water partition coefficient (Wildman–Crippen LogP) is 7.02. The van der Waals surface area contributed by atoms with Crippen LogP contribution in [0.4, 0.5) is 0 Å². The summed E-state index contributed by atoms with van der Waals surface area (Å²) < 4.78 is 11.7. The molecule has 5 rings (SSSR count). The minimum Gasteiger partial charge on any atom is -0.481 e. The molecule has 0 radical (unpaired) electrons. The number of aryl methyl sites for hydroxylation is 2. The third-order valence-corrected chi connectivity index (χ3v) is 9.65. The van der Waals surface area contributed by atoms with Gasteiger partial charge in [-0.25, -0.2) is 4.79 Å². The van der Waals surface area contributed by atoms with E-state index in [1.165, 1.54) is 20.3 Å².